The van der Waals surface area contributed by atoms with Gasteiger partial charge in [0.2, 0.25) is 0 Å². The standard InChI is InChI=1S/C14H20ClN3O2/c1-14(5-2-6-20-14)9-17-8-11-4-3-10(7-12(11)15)13(16)18-19/h3-4,7,17,19H,2,5-6,8-9H2,1H3,(H2,16,18). The first-order chi connectivity index (χ1) is 9.54. The van der Waals surface area contributed by atoms with Crippen molar-refractivity contribution in [3.63, 3.8) is 0 Å². The third kappa shape index (κ3) is 3.62. The summed E-state index contributed by atoms with van der Waals surface area (Å²) in [5.41, 5.74) is 7.03. The number of hydrogen-bond donors (Lipinski definition) is 3. The fourth-order valence-corrected chi connectivity index (χ4v) is 2.59. The van der Waals surface area contributed by atoms with Gasteiger partial charge in [-0.05, 0) is 31.4 Å². The van der Waals surface area contributed by atoms with Crippen LogP contribution in [0.25, 0.3) is 0 Å². The zero-order valence-corrected chi connectivity index (χ0v) is 12.3. The summed E-state index contributed by atoms with van der Waals surface area (Å²) in [6.45, 7) is 4.42. The molecule has 110 valence electrons. The molecule has 1 aromatic rings. The fourth-order valence-electron chi connectivity index (χ4n) is 2.35. The molecule has 0 amide bonds. The normalized spacial score (nSPS) is 23.2. The van der Waals surface area contributed by atoms with E-state index >= 15 is 0 Å². The number of oxime groups is 1. The van der Waals surface area contributed by atoms with E-state index in [1.54, 1.807) is 12.1 Å². The molecule has 0 aromatic heterocycles. The highest BCUT2D eigenvalue weighted by atomic mass is 35.5. The van der Waals surface area contributed by atoms with Crippen molar-refractivity contribution in [2.24, 2.45) is 10.9 Å². The Balaban J connectivity index is 1.93. The number of rotatable bonds is 5. The lowest BCUT2D eigenvalue weighted by Crippen LogP contribution is -2.36. The number of ether oxygens (including phenoxy) is 1. The second kappa shape index (κ2) is 6.43. The Morgan fingerprint density at radius 2 is 2.40 bits per heavy atom. The summed E-state index contributed by atoms with van der Waals surface area (Å²) in [4.78, 5) is 0. The minimum Gasteiger partial charge on any atom is -0.409 e. The predicted octanol–water partition coefficient (Wildman–Crippen LogP) is 2.09. The van der Waals surface area contributed by atoms with Gasteiger partial charge in [0.15, 0.2) is 5.84 Å². The van der Waals surface area contributed by atoms with E-state index in [-0.39, 0.29) is 11.4 Å². The first-order valence-corrected chi connectivity index (χ1v) is 7.03. The van der Waals surface area contributed by atoms with Crippen molar-refractivity contribution in [1.29, 1.82) is 0 Å². The Kier molecular flexibility index (Phi) is 4.86. The highest BCUT2D eigenvalue weighted by Crippen LogP contribution is 2.24. The number of halogens is 1. The van der Waals surface area contributed by atoms with Crippen molar-refractivity contribution in [2.45, 2.75) is 31.9 Å². The van der Waals surface area contributed by atoms with Gasteiger partial charge in [0.1, 0.15) is 0 Å². The number of amidine groups is 1. The monoisotopic (exact) mass is 297 g/mol. The van der Waals surface area contributed by atoms with Gasteiger partial charge in [-0.1, -0.05) is 28.9 Å². The van der Waals surface area contributed by atoms with Gasteiger partial charge in [-0.2, -0.15) is 0 Å². The van der Waals surface area contributed by atoms with Crippen LogP contribution in [0.3, 0.4) is 0 Å². The van der Waals surface area contributed by atoms with Gasteiger partial charge in [-0.15, -0.1) is 0 Å². The van der Waals surface area contributed by atoms with Gasteiger partial charge in [-0.25, -0.2) is 0 Å². The van der Waals surface area contributed by atoms with Crippen LogP contribution in [0.2, 0.25) is 5.02 Å². The van der Waals surface area contributed by atoms with Crippen LogP contribution >= 0.6 is 11.6 Å². The molecule has 2 rings (SSSR count). The number of nitrogens with two attached hydrogens (primary N) is 1. The van der Waals surface area contributed by atoms with E-state index in [0.29, 0.717) is 17.1 Å². The molecule has 0 radical (unpaired) electrons. The molecule has 0 saturated carbocycles. The molecule has 1 unspecified atom stereocenters. The molecule has 1 aliphatic heterocycles. The number of nitrogens with zero attached hydrogens (tertiary/aromatic N) is 1. The fraction of sp³-hybridized carbons (Fsp3) is 0.500. The van der Waals surface area contributed by atoms with E-state index in [9.17, 15) is 0 Å². The van der Waals surface area contributed by atoms with E-state index in [4.69, 9.17) is 27.3 Å². The lowest BCUT2D eigenvalue weighted by Gasteiger charge is -2.23. The molecule has 1 saturated heterocycles. The zero-order valence-electron chi connectivity index (χ0n) is 11.5. The Labute approximate surface area is 123 Å². The van der Waals surface area contributed by atoms with Crippen LogP contribution in [0, 0.1) is 0 Å². The Morgan fingerprint density at radius 1 is 1.60 bits per heavy atom. The maximum atomic E-state index is 8.63. The van der Waals surface area contributed by atoms with E-state index < -0.39 is 0 Å². The summed E-state index contributed by atoms with van der Waals surface area (Å²) in [5, 5.41) is 15.6. The lowest BCUT2D eigenvalue weighted by atomic mass is 10.0. The van der Waals surface area contributed by atoms with Crippen molar-refractivity contribution in [1.82, 2.24) is 5.32 Å². The van der Waals surface area contributed by atoms with E-state index in [1.165, 1.54) is 0 Å². The zero-order chi connectivity index (χ0) is 14.6. The molecule has 0 aliphatic carbocycles. The number of benzene rings is 1. The van der Waals surface area contributed by atoms with Crippen LogP contribution < -0.4 is 11.1 Å². The molecule has 6 heteroatoms. The Bertz CT molecular complexity index is 499. The van der Waals surface area contributed by atoms with Crippen molar-refractivity contribution < 1.29 is 9.94 Å². The van der Waals surface area contributed by atoms with E-state index in [2.05, 4.69) is 17.4 Å². The molecule has 1 heterocycles. The summed E-state index contributed by atoms with van der Waals surface area (Å²) in [6, 6.07) is 5.35. The van der Waals surface area contributed by atoms with Crippen molar-refractivity contribution in [3.8, 4) is 0 Å². The van der Waals surface area contributed by atoms with Gasteiger partial charge in [0.05, 0.1) is 5.60 Å². The SMILES string of the molecule is CC1(CNCc2ccc(/C(N)=N/O)cc2Cl)CCCO1. The molecule has 1 aromatic carbocycles. The summed E-state index contributed by atoms with van der Waals surface area (Å²) in [6.07, 6.45) is 2.20. The summed E-state index contributed by atoms with van der Waals surface area (Å²) < 4.78 is 5.72. The highest BCUT2D eigenvalue weighted by Gasteiger charge is 2.28. The largest absolute Gasteiger partial charge is 0.409 e. The van der Waals surface area contributed by atoms with Crippen LogP contribution in [0.1, 0.15) is 30.9 Å². The minimum atomic E-state index is -0.0691. The van der Waals surface area contributed by atoms with Gasteiger partial charge < -0.3 is 21.0 Å². The van der Waals surface area contributed by atoms with Crippen molar-refractivity contribution >= 4 is 17.4 Å². The van der Waals surface area contributed by atoms with Crippen LogP contribution in [0.15, 0.2) is 23.4 Å². The maximum Gasteiger partial charge on any atom is 0.170 e. The summed E-state index contributed by atoms with van der Waals surface area (Å²) in [7, 11) is 0. The second-order valence-electron chi connectivity index (χ2n) is 5.30. The molecule has 0 bridgehead atoms. The third-order valence-corrected chi connectivity index (χ3v) is 3.92. The quantitative estimate of drug-likeness (QED) is 0.336. The second-order valence-corrected chi connectivity index (χ2v) is 5.70. The van der Waals surface area contributed by atoms with E-state index in [1.807, 2.05) is 6.07 Å². The average molecular weight is 298 g/mol. The lowest BCUT2D eigenvalue weighted by molar-refractivity contribution is 0.0207. The smallest absolute Gasteiger partial charge is 0.170 e. The first kappa shape index (κ1) is 15.1. The molecule has 1 atom stereocenters. The highest BCUT2D eigenvalue weighted by molar-refractivity contribution is 6.31. The van der Waals surface area contributed by atoms with Gasteiger partial charge in [-0.3, -0.25) is 0 Å². The Hall–Kier alpha value is -1.30. The number of nitrogens with one attached hydrogen (secondary N) is 1. The Morgan fingerprint density at radius 3 is 3.00 bits per heavy atom. The van der Waals surface area contributed by atoms with Crippen LogP contribution in [0.4, 0.5) is 0 Å². The summed E-state index contributed by atoms with van der Waals surface area (Å²) >= 11 is 6.20. The van der Waals surface area contributed by atoms with Crippen LogP contribution in [-0.4, -0.2) is 29.8 Å². The molecule has 5 nitrogen and oxygen atoms in total. The van der Waals surface area contributed by atoms with Crippen LogP contribution in [-0.2, 0) is 11.3 Å². The van der Waals surface area contributed by atoms with Crippen molar-refractivity contribution in [2.75, 3.05) is 13.2 Å². The van der Waals surface area contributed by atoms with Gasteiger partial charge in [0, 0.05) is 30.3 Å². The topological polar surface area (TPSA) is 79.9 Å². The predicted molar refractivity (Wildman–Crippen MR) is 79.3 cm³/mol. The van der Waals surface area contributed by atoms with Gasteiger partial charge >= 0.3 is 0 Å². The molecule has 4 N–H and O–H groups in total. The molecule has 1 fully saturated rings. The maximum absolute atomic E-state index is 8.63. The third-order valence-electron chi connectivity index (χ3n) is 3.57. The molecule has 0 spiro atoms. The van der Waals surface area contributed by atoms with E-state index in [0.717, 1.165) is 31.6 Å². The molecule has 1 aliphatic rings. The van der Waals surface area contributed by atoms with Crippen LogP contribution in [0.5, 0.6) is 0 Å². The van der Waals surface area contributed by atoms with Crippen molar-refractivity contribution in [3.05, 3.63) is 34.3 Å². The van der Waals surface area contributed by atoms with Gasteiger partial charge in [0.25, 0.3) is 0 Å². The minimum absolute atomic E-state index is 0.0540. The average Bonchev–Trinajstić information content (AvgIpc) is 2.86. The molecule has 20 heavy (non-hydrogen) atoms. The molecular formula is C14H20ClN3O2. The summed E-state index contributed by atoms with van der Waals surface area (Å²) in [5.74, 6) is 0.0540. The number of hydrogen-bond acceptors (Lipinski definition) is 4. The molecular weight excluding hydrogens is 278 g/mol. The first-order valence-electron chi connectivity index (χ1n) is 6.65.